The second-order valence-corrected chi connectivity index (χ2v) is 39.8. The maximum Gasteiger partial charge on any atom is 0.358 e. The molecule has 0 aliphatic carbocycles. The molecular formula is C107H78Br3F5N18O6Si. The fraction of sp³-hybridized carbons (Fsp3) is 0.112. The monoisotopic (exact) mass is 2070 g/mol. The summed E-state index contributed by atoms with van der Waals surface area (Å²) in [5, 5.41) is 0. The van der Waals surface area contributed by atoms with Crippen LogP contribution in [0.2, 0.25) is 19.6 Å². The third-order valence-corrected chi connectivity index (χ3v) is 25.1. The van der Waals surface area contributed by atoms with Crippen molar-refractivity contribution >= 4 is 96.7 Å². The molecule has 24 nitrogen and oxygen atoms in total. The molecule has 0 spiro atoms. The van der Waals surface area contributed by atoms with Crippen LogP contribution in [-0.2, 0) is 37.5 Å². The number of hydrogen-bond donors (Lipinski definition) is 0. The summed E-state index contributed by atoms with van der Waals surface area (Å²) in [4.78, 5) is 80.9. The van der Waals surface area contributed by atoms with Crippen LogP contribution in [-0.4, -0.2) is 118 Å². The molecule has 10 aromatic carbocycles. The van der Waals surface area contributed by atoms with Gasteiger partial charge in [-0.25, -0.2) is 66.6 Å². The minimum absolute atomic E-state index is 0.185. The summed E-state index contributed by atoms with van der Waals surface area (Å²) >= 11 is 10.5. The van der Waals surface area contributed by atoms with E-state index >= 15 is 0 Å². The van der Waals surface area contributed by atoms with Gasteiger partial charge in [0.2, 0.25) is 0 Å². The maximum atomic E-state index is 14.8. The lowest BCUT2D eigenvalue weighted by Gasteiger charge is -2.13. The van der Waals surface area contributed by atoms with Crippen molar-refractivity contribution < 1.29 is 49.5 Å². The van der Waals surface area contributed by atoms with Crippen molar-refractivity contribution in [1.82, 2.24) is 62.7 Å². The van der Waals surface area contributed by atoms with Gasteiger partial charge < -0.3 is 18.0 Å². The number of carbonyl (C=O) groups excluding carboxylic acids is 2. The van der Waals surface area contributed by atoms with E-state index in [1.807, 2.05) is 140 Å². The summed E-state index contributed by atoms with van der Waals surface area (Å²) in [6, 6.07) is 61.9. The molecule has 5 aliphatic heterocycles. The number of imidazole rings is 5. The number of carbonyl (C=O) groups is 2. The first-order valence-electron chi connectivity index (χ1n) is 43.9. The van der Waals surface area contributed by atoms with Crippen molar-refractivity contribution in [2.75, 3.05) is 6.61 Å². The van der Waals surface area contributed by atoms with Crippen LogP contribution in [0.15, 0.2) is 333 Å². The fourth-order valence-corrected chi connectivity index (χ4v) is 18.0. The Morgan fingerprint density at radius 2 is 0.700 bits per heavy atom. The van der Waals surface area contributed by atoms with Gasteiger partial charge in [-0.2, -0.15) is 0 Å². The molecule has 0 unspecified atom stereocenters. The second-order valence-electron chi connectivity index (χ2n) is 32.3. The minimum atomic E-state index is -1.54. The molecule has 0 atom stereocenters. The van der Waals surface area contributed by atoms with E-state index in [-0.39, 0.29) is 54.5 Å². The summed E-state index contributed by atoms with van der Waals surface area (Å²) in [5.41, 5.74) is 24.6. The van der Waals surface area contributed by atoms with E-state index in [0.717, 1.165) is 92.3 Å². The minimum Gasteiger partial charge on any atom is -0.461 e. The zero-order valence-corrected chi connectivity index (χ0v) is 81.2. The van der Waals surface area contributed by atoms with Crippen LogP contribution < -0.4 is 0 Å². The van der Waals surface area contributed by atoms with Crippen LogP contribution in [0.4, 0.5) is 22.0 Å². The number of aldehydes is 1. The Labute approximate surface area is 825 Å². The zero-order chi connectivity index (χ0) is 97.4. The molecule has 140 heavy (non-hydrogen) atoms. The van der Waals surface area contributed by atoms with E-state index in [1.54, 1.807) is 136 Å². The van der Waals surface area contributed by atoms with E-state index in [9.17, 15) is 31.5 Å². The molecule has 692 valence electrons. The van der Waals surface area contributed by atoms with E-state index in [0.29, 0.717) is 139 Å². The Morgan fingerprint density at radius 1 is 0.400 bits per heavy atom. The summed E-state index contributed by atoms with van der Waals surface area (Å²) < 4.78 is 106. The van der Waals surface area contributed by atoms with Gasteiger partial charge in [-0.15, -0.1) is 12.0 Å². The Morgan fingerprint density at radius 3 is 1.03 bits per heavy atom. The van der Waals surface area contributed by atoms with Gasteiger partial charge in [-0.1, -0.05) is 154 Å². The Kier molecular flexibility index (Phi) is 27.8. The number of terminal acetylenes is 1. The highest BCUT2D eigenvalue weighted by atomic mass is 79.9. The average Bonchev–Trinajstić information content (AvgIpc) is 1.61. The van der Waals surface area contributed by atoms with Gasteiger partial charge in [0, 0.05) is 80.2 Å². The third kappa shape index (κ3) is 19.3. The lowest BCUT2D eigenvalue weighted by Crippen LogP contribution is -2.16. The number of aliphatic imine (C=N–C) groups is 5. The molecule has 5 aliphatic rings. The summed E-state index contributed by atoms with van der Waals surface area (Å²) in [7, 11) is -1.54. The zero-order valence-electron chi connectivity index (χ0n) is 75.5. The van der Waals surface area contributed by atoms with Crippen LogP contribution in [0.5, 0.6) is 0 Å². The Hall–Kier alpha value is -16.2. The smallest absolute Gasteiger partial charge is 0.358 e. The number of halogens is 8. The SMILES string of the molecule is C#Cc1ccc2c(c1)C(c1ccccc1F)=NCc1c(-c3cnco3)ncn1-2.CC.CCOC(=O)c1ncn2c1CN=C(c1ccccc1F)c1cc(Br)ccc1-2.C[Si](C)(C)C#Cc1ccc2c(c1)C(c1ccccc1F)=NCc1c(-c3cnco3)ncn1-2.Fc1ccccc1C1=NCc2c(-c3cnco3)ncn2-c2ccc(Br)cc21.O=Cc1ncn2c1CN=C(c1ccccc1F)c1cc(Br)ccc1-2. The van der Waals surface area contributed by atoms with Crippen LogP contribution in [0.25, 0.3) is 62.8 Å². The predicted molar refractivity (Wildman–Crippen MR) is 537 cm³/mol. The lowest BCUT2D eigenvalue weighted by molar-refractivity contribution is 0.0518. The Bertz CT molecular complexity index is 8090. The van der Waals surface area contributed by atoms with Crippen molar-refractivity contribution in [2.24, 2.45) is 25.0 Å². The fourth-order valence-electron chi connectivity index (χ4n) is 16.4. The molecule has 8 aromatic heterocycles. The van der Waals surface area contributed by atoms with Gasteiger partial charge in [-0.05, 0) is 159 Å². The van der Waals surface area contributed by atoms with E-state index in [2.05, 4.69) is 135 Å². The van der Waals surface area contributed by atoms with E-state index < -0.39 is 14.0 Å². The normalized spacial score (nSPS) is 12.6. The number of esters is 1. The van der Waals surface area contributed by atoms with E-state index in [4.69, 9.17) is 39.4 Å². The molecule has 0 saturated heterocycles. The van der Waals surface area contributed by atoms with Gasteiger partial charge in [-0.3, -0.25) is 52.6 Å². The third-order valence-electron chi connectivity index (χ3n) is 22.7. The average molecular weight is 2070 g/mol. The van der Waals surface area contributed by atoms with Crippen LogP contribution in [0, 0.1) is 52.9 Å². The molecule has 0 saturated carbocycles. The molecule has 0 radical (unpaired) electrons. The molecule has 33 heteroatoms. The summed E-state index contributed by atoms with van der Waals surface area (Å²) in [6.45, 7) is 14.0. The van der Waals surface area contributed by atoms with Crippen molar-refractivity contribution in [2.45, 2.75) is 73.1 Å². The summed E-state index contributed by atoms with van der Waals surface area (Å²) in [5.74, 6) is 5.53. The molecule has 13 heterocycles. The first kappa shape index (κ1) is 94.2. The van der Waals surface area contributed by atoms with Crippen molar-refractivity contribution in [1.29, 1.82) is 0 Å². The predicted octanol–water partition coefficient (Wildman–Crippen LogP) is 23.3. The molecule has 0 bridgehead atoms. The highest BCUT2D eigenvalue weighted by Crippen LogP contribution is 2.39. The largest absolute Gasteiger partial charge is 0.461 e. The molecule has 0 amide bonds. The quantitative estimate of drug-likeness (QED) is 0.0383. The van der Waals surface area contributed by atoms with Crippen LogP contribution in [0.1, 0.15) is 137 Å². The highest BCUT2D eigenvalue weighted by molar-refractivity contribution is 9.11. The number of fused-ring (bicyclic) bond motifs is 15. The van der Waals surface area contributed by atoms with E-state index in [1.165, 1.54) is 49.5 Å². The topological polar surface area (TPSA) is 272 Å². The van der Waals surface area contributed by atoms with Gasteiger partial charge in [0.15, 0.2) is 48.4 Å². The number of ether oxygens (including phenoxy) is 1. The number of hydrogen-bond acceptors (Lipinski definition) is 19. The number of benzene rings is 10. The first-order chi connectivity index (χ1) is 68.2. The van der Waals surface area contributed by atoms with Crippen molar-refractivity contribution in [3.05, 3.63) is 431 Å². The molecule has 0 fully saturated rings. The molecular weight excluding hydrogens is 2000 g/mol. The molecule has 23 rings (SSSR count). The van der Waals surface area contributed by atoms with Gasteiger partial charge >= 0.3 is 5.97 Å². The van der Waals surface area contributed by atoms with Gasteiger partial charge in [0.05, 0.1) is 143 Å². The first-order valence-corrected chi connectivity index (χ1v) is 49.8. The number of nitrogens with zero attached hydrogens (tertiary/aromatic N) is 18. The lowest BCUT2D eigenvalue weighted by atomic mass is 9.98. The molecule has 18 aromatic rings. The van der Waals surface area contributed by atoms with Gasteiger partial charge in [0.1, 0.15) is 91.6 Å². The van der Waals surface area contributed by atoms with Crippen molar-refractivity contribution in [3.8, 4) is 86.6 Å². The second kappa shape index (κ2) is 41.4. The summed E-state index contributed by atoms with van der Waals surface area (Å²) in [6.07, 6.45) is 23.7. The number of aromatic nitrogens is 13. The number of rotatable bonds is 11. The van der Waals surface area contributed by atoms with Crippen molar-refractivity contribution in [3.63, 3.8) is 0 Å². The van der Waals surface area contributed by atoms with Crippen LogP contribution in [0.3, 0.4) is 0 Å². The highest BCUT2D eigenvalue weighted by Gasteiger charge is 2.33. The number of oxazole rings is 3. The Balaban J connectivity index is 0.000000116. The molecule has 0 N–H and O–H groups in total. The van der Waals surface area contributed by atoms with Gasteiger partial charge in [0.25, 0.3) is 0 Å². The maximum absolute atomic E-state index is 14.8. The standard InChI is InChI=1S/C25H21FN4OSi.C22H13FN4O.C20H12BrFN4O.C20H15BrFN3O2.C18H11BrFN3O.C2H6/c1-32(2,3)11-10-17-8-9-21-19(12-17)24(18-6-4-5-7-20(18)26)28-13-22-25(29-15-30(21)22)23-14-27-16-31-23;1-2-14-7-8-18-16(9-14)21(15-5-3-4-6-17(15)23)25-10-19-22(26-12-27(18)19)20-11-24-13-28-20;21-12-5-6-16-14(7-12)19(13-3-1-2-4-15(13)22)24-8-17-20(25-10-26(16)17)18-9-23-11-27-18;1-2-27-20(26)19-17-10-23-18(13-5-3-4-6-15(13)22)14-9-12(21)7-8-16(14)25(17)11-24-19;19-11-5-6-16-13(7-11)18(12-3-1-2-4-14(12)20)21-8-17-15(9-24)22-10-23(16)17;1-2/h4-9,12,14-16H,13H2,1-3H3;1,3-9,11-13H,10H2;1-7,9-11H,8H2;3-9,11H,2,10H2,1H3;1-7,9-10H,8H2;1-2H3. The van der Waals surface area contributed by atoms with Crippen LogP contribution >= 0.6 is 47.8 Å².